The zero-order valence-corrected chi connectivity index (χ0v) is 11.9. The molecule has 0 saturated heterocycles. The highest BCUT2D eigenvalue weighted by Crippen LogP contribution is 2.10. The predicted molar refractivity (Wildman–Crippen MR) is 76.9 cm³/mol. The molecular formula is C13H18ClNO2S. The van der Waals surface area contributed by atoms with Crippen molar-refractivity contribution in [3.05, 3.63) is 34.9 Å². The first kappa shape index (κ1) is 15.3. The van der Waals surface area contributed by atoms with Gasteiger partial charge in [0.1, 0.15) is 0 Å². The van der Waals surface area contributed by atoms with Crippen molar-refractivity contribution < 1.29 is 9.90 Å². The zero-order chi connectivity index (χ0) is 13.4. The molecule has 1 amide bonds. The molecule has 0 heterocycles. The summed E-state index contributed by atoms with van der Waals surface area (Å²) in [5.74, 6) is 1.45. The molecule has 5 heteroatoms. The summed E-state index contributed by atoms with van der Waals surface area (Å²) in [6, 6.07) is 7.43. The average Bonchev–Trinajstić information content (AvgIpc) is 2.36. The van der Waals surface area contributed by atoms with Gasteiger partial charge in [0.05, 0.1) is 5.75 Å². The maximum atomic E-state index is 11.5. The van der Waals surface area contributed by atoms with Crippen molar-refractivity contribution in [2.24, 2.45) is 5.92 Å². The third-order valence-corrected chi connectivity index (χ3v) is 3.83. The summed E-state index contributed by atoms with van der Waals surface area (Å²) in [6.07, 6.45) is 0. The second kappa shape index (κ2) is 8.40. The first-order valence-corrected chi connectivity index (χ1v) is 7.35. The molecule has 1 unspecified atom stereocenters. The number of hydrogen-bond donors (Lipinski definition) is 2. The minimum atomic E-state index is 0.00474. The van der Waals surface area contributed by atoms with Gasteiger partial charge in [0, 0.05) is 18.2 Å². The number of carbonyl (C=O) groups is 1. The first-order chi connectivity index (χ1) is 8.61. The van der Waals surface area contributed by atoms with E-state index in [1.807, 2.05) is 25.1 Å². The van der Waals surface area contributed by atoms with E-state index in [2.05, 4.69) is 5.32 Å². The van der Waals surface area contributed by atoms with Gasteiger partial charge in [-0.2, -0.15) is 11.8 Å². The van der Waals surface area contributed by atoms with Crippen LogP contribution >= 0.6 is 23.4 Å². The summed E-state index contributed by atoms with van der Waals surface area (Å²) in [5, 5.41) is 12.4. The maximum Gasteiger partial charge on any atom is 0.230 e. The van der Waals surface area contributed by atoms with E-state index in [1.54, 1.807) is 6.07 Å². The largest absolute Gasteiger partial charge is 0.396 e. The van der Waals surface area contributed by atoms with Crippen molar-refractivity contribution in [3.63, 3.8) is 0 Å². The van der Waals surface area contributed by atoms with E-state index in [-0.39, 0.29) is 18.4 Å². The van der Waals surface area contributed by atoms with Gasteiger partial charge in [-0.1, -0.05) is 30.7 Å². The van der Waals surface area contributed by atoms with Crippen molar-refractivity contribution in [1.29, 1.82) is 0 Å². The zero-order valence-electron chi connectivity index (χ0n) is 10.4. The standard InChI is InChI=1S/C13H18ClNO2S/c1-10(7-16)8-18-9-13(17)15-6-11-3-2-4-12(14)5-11/h2-5,10,16H,6-9H2,1H3,(H,15,17). The lowest BCUT2D eigenvalue weighted by molar-refractivity contribution is -0.118. The van der Waals surface area contributed by atoms with Crippen LogP contribution in [-0.4, -0.2) is 29.1 Å². The second-order valence-electron chi connectivity index (χ2n) is 4.21. The molecule has 0 aliphatic heterocycles. The van der Waals surface area contributed by atoms with Crippen molar-refractivity contribution in [3.8, 4) is 0 Å². The molecule has 1 aromatic rings. The molecule has 1 aromatic carbocycles. The molecule has 0 aliphatic carbocycles. The smallest absolute Gasteiger partial charge is 0.230 e. The van der Waals surface area contributed by atoms with Crippen LogP contribution in [0.25, 0.3) is 0 Å². The number of amides is 1. The van der Waals surface area contributed by atoms with E-state index in [9.17, 15) is 4.79 Å². The van der Waals surface area contributed by atoms with Crippen molar-refractivity contribution in [2.45, 2.75) is 13.5 Å². The summed E-state index contributed by atoms with van der Waals surface area (Å²) in [7, 11) is 0. The summed E-state index contributed by atoms with van der Waals surface area (Å²) in [5.41, 5.74) is 0.990. The normalized spacial score (nSPS) is 12.2. The Morgan fingerprint density at radius 2 is 2.33 bits per heavy atom. The molecular weight excluding hydrogens is 270 g/mol. The molecule has 2 N–H and O–H groups in total. The van der Waals surface area contributed by atoms with Gasteiger partial charge in [-0.15, -0.1) is 0 Å². The van der Waals surface area contributed by atoms with E-state index in [0.29, 0.717) is 17.3 Å². The van der Waals surface area contributed by atoms with Gasteiger partial charge in [-0.05, 0) is 29.4 Å². The average molecular weight is 288 g/mol. The van der Waals surface area contributed by atoms with E-state index in [1.165, 1.54) is 11.8 Å². The number of aliphatic hydroxyl groups excluding tert-OH is 1. The first-order valence-electron chi connectivity index (χ1n) is 5.81. The molecule has 0 aromatic heterocycles. The van der Waals surface area contributed by atoms with Gasteiger partial charge in [-0.3, -0.25) is 4.79 Å². The van der Waals surface area contributed by atoms with E-state index in [0.717, 1.165) is 11.3 Å². The van der Waals surface area contributed by atoms with Crippen LogP contribution in [0.4, 0.5) is 0 Å². The molecule has 0 saturated carbocycles. The van der Waals surface area contributed by atoms with E-state index in [4.69, 9.17) is 16.7 Å². The van der Waals surface area contributed by atoms with Gasteiger partial charge in [0.25, 0.3) is 0 Å². The Balaban J connectivity index is 2.21. The number of thioether (sulfide) groups is 1. The van der Waals surface area contributed by atoms with E-state index < -0.39 is 0 Å². The van der Waals surface area contributed by atoms with Crippen LogP contribution in [0, 0.1) is 5.92 Å². The molecule has 1 rings (SSSR count). The number of carbonyl (C=O) groups excluding carboxylic acids is 1. The lowest BCUT2D eigenvalue weighted by atomic mass is 10.2. The number of nitrogens with one attached hydrogen (secondary N) is 1. The molecule has 1 atom stereocenters. The van der Waals surface area contributed by atoms with Gasteiger partial charge in [0.2, 0.25) is 5.91 Å². The fourth-order valence-corrected chi connectivity index (χ4v) is 2.43. The molecule has 0 spiro atoms. The highest BCUT2D eigenvalue weighted by molar-refractivity contribution is 7.99. The summed E-state index contributed by atoms with van der Waals surface area (Å²) in [4.78, 5) is 11.5. The van der Waals surface area contributed by atoms with Crippen LogP contribution < -0.4 is 5.32 Å². The number of hydrogen-bond acceptors (Lipinski definition) is 3. The molecule has 0 aliphatic rings. The van der Waals surface area contributed by atoms with Gasteiger partial charge < -0.3 is 10.4 Å². The Labute approximate surface area is 117 Å². The molecule has 3 nitrogen and oxygen atoms in total. The van der Waals surface area contributed by atoms with Gasteiger partial charge >= 0.3 is 0 Å². The lowest BCUT2D eigenvalue weighted by Crippen LogP contribution is -2.25. The van der Waals surface area contributed by atoms with Gasteiger partial charge in [-0.25, -0.2) is 0 Å². The van der Waals surface area contributed by atoms with Crippen LogP contribution in [0.3, 0.4) is 0 Å². The number of halogens is 1. The van der Waals surface area contributed by atoms with Gasteiger partial charge in [0.15, 0.2) is 0 Å². The summed E-state index contributed by atoms with van der Waals surface area (Å²) >= 11 is 7.39. The van der Waals surface area contributed by atoms with Crippen LogP contribution in [0.5, 0.6) is 0 Å². The maximum absolute atomic E-state index is 11.5. The number of rotatable bonds is 7. The van der Waals surface area contributed by atoms with Crippen LogP contribution in [0.1, 0.15) is 12.5 Å². The summed E-state index contributed by atoms with van der Waals surface area (Å²) < 4.78 is 0. The molecule has 0 fully saturated rings. The van der Waals surface area contributed by atoms with Crippen LogP contribution in [0.2, 0.25) is 5.02 Å². The van der Waals surface area contributed by atoms with E-state index >= 15 is 0 Å². The minimum Gasteiger partial charge on any atom is -0.396 e. The fourth-order valence-electron chi connectivity index (χ4n) is 1.30. The molecule has 0 bridgehead atoms. The van der Waals surface area contributed by atoms with Crippen LogP contribution in [-0.2, 0) is 11.3 Å². The predicted octanol–water partition coefficient (Wildman–Crippen LogP) is 2.32. The fraction of sp³-hybridized carbons (Fsp3) is 0.462. The minimum absolute atomic E-state index is 0.00474. The Kier molecular flexibility index (Phi) is 7.16. The highest BCUT2D eigenvalue weighted by atomic mass is 35.5. The lowest BCUT2D eigenvalue weighted by Gasteiger charge is -2.08. The number of benzene rings is 1. The SMILES string of the molecule is CC(CO)CSCC(=O)NCc1cccc(Cl)c1. The van der Waals surface area contributed by atoms with Crippen LogP contribution in [0.15, 0.2) is 24.3 Å². The second-order valence-corrected chi connectivity index (χ2v) is 5.68. The van der Waals surface area contributed by atoms with Crippen molar-refractivity contribution in [1.82, 2.24) is 5.32 Å². The van der Waals surface area contributed by atoms with Crippen molar-refractivity contribution >= 4 is 29.3 Å². The quantitative estimate of drug-likeness (QED) is 0.809. The Hall–Kier alpha value is -0.710. The third-order valence-electron chi connectivity index (χ3n) is 2.33. The Morgan fingerprint density at radius 1 is 1.56 bits per heavy atom. The molecule has 18 heavy (non-hydrogen) atoms. The monoisotopic (exact) mass is 287 g/mol. The Morgan fingerprint density at radius 3 is 3.00 bits per heavy atom. The topological polar surface area (TPSA) is 49.3 Å². The number of aliphatic hydroxyl groups is 1. The summed E-state index contributed by atoms with van der Waals surface area (Å²) in [6.45, 7) is 2.61. The Bertz CT molecular complexity index is 387. The third kappa shape index (κ3) is 6.28. The molecule has 0 radical (unpaired) electrons. The van der Waals surface area contributed by atoms with Crippen molar-refractivity contribution in [2.75, 3.05) is 18.1 Å². The highest BCUT2D eigenvalue weighted by Gasteiger charge is 2.04. The molecule has 100 valence electrons.